The number of fused-ring (bicyclic) bond motifs is 1. The lowest BCUT2D eigenvalue weighted by atomic mass is 10.0. The van der Waals surface area contributed by atoms with Crippen molar-refractivity contribution in [3.05, 3.63) is 36.0 Å². The summed E-state index contributed by atoms with van der Waals surface area (Å²) in [7, 11) is 0. The second-order valence-corrected chi connectivity index (χ2v) is 10.8. The van der Waals surface area contributed by atoms with Crippen LogP contribution in [0.3, 0.4) is 0 Å². The normalized spacial score (nSPS) is 13.9. The number of hydrogen-bond donors (Lipinski definition) is 9. The number of nitrogens with one attached hydrogen (secondary N) is 4. The van der Waals surface area contributed by atoms with E-state index in [-0.39, 0.29) is 50.5 Å². The van der Waals surface area contributed by atoms with E-state index in [1.165, 1.54) is 0 Å². The van der Waals surface area contributed by atoms with Gasteiger partial charge in [-0.05, 0) is 43.2 Å². The molecule has 43 heavy (non-hydrogen) atoms. The van der Waals surface area contributed by atoms with E-state index in [1.807, 2.05) is 38.1 Å². The zero-order chi connectivity index (χ0) is 32.1. The van der Waals surface area contributed by atoms with Crippen molar-refractivity contribution in [2.24, 2.45) is 33.8 Å². The fourth-order valence-electron chi connectivity index (χ4n) is 4.45. The van der Waals surface area contributed by atoms with Crippen LogP contribution < -0.4 is 38.9 Å². The molecule has 4 amide bonds. The average molecular weight is 602 g/mol. The lowest BCUT2D eigenvalue weighted by Gasteiger charge is -2.25. The molecule has 2 rings (SSSR count). The number of carboxylic acids is 1. The van der Waals surface area contributed by atoms with E-state index in [2.05, 4.69) is 25.9 Å². The molecule has 0 aliphatic carbocycles. The molecule has 15 heteroatoms. The van der Waals surface area contributed by atoms with Crippen LogP contribution in [0.5, 0.6) is 0 Å². The zero-order valence-corrected chi connectivity index (χ0v) is 24.5. The highest BCUT2D eigenvalue weighted by Crippen LogP contribution is 2.19. The summed E-state index contributed by atoms with van der Waals surface area (Å²) in [5, 5.41) is 18.3. The summed E-state index contributed by atoms with van der Waals surface area (Å²) >= 11 is 0. The Morgan fingerprint density at radius 2 is 1.53 bits per heavy atom. The minimum atomic E-state index is -1.20. The predicted octanol–water partition coefficient (Wildman–Crippen LogP) is -1.06. The highest BCUT2D eigenvalue weighted by Gasteiger charge is 2.31. The summed E-state index contributed by atoms with van der Waals surface area (Å²) < 4.78 is 0. The molecule has 0 spiro atoms. The Bertz CT molecular complexity index is 1300. The second kappa shape index (κ2) is 16.7. The number of aromatic nitrogens is 1. The number of H-pyrrole nitrogens is 1. The van der Waals surface area contributed by atoms with Gasteiger partial charge in [0.25, 0.3) is 0 Å². The maximum absolute atomic E-state index is 13.6. The molecule has 236 valence electrons. The molecule has 13 N–H and O–H groups in total. The summed E-state index contributed by atoms with van der Waals surface area (Å²) in [5.41, 5.74) is 23.3. The van der Waals surface area contributed by atoms with Crippen molar-refractivity contribution >= 4 is 46.5 Å². The zero-order valence-electron chi connectivity index (χ0n) is 24.5. The van der Waals surface area contributed by atoms with Gasteiger partial charge in [-0.15, -0.1) is 0 Å². The molecular formula is C28H43N9O6. The van der Waals surface area contributed by atoms with E-state index < -0.39 is 53.8 Å². The number of amides is 4. The van der Waals surface area contributed by atoms with Crippen molar-refractivity contribution in [1.29, 1.82) is 0 Å². The Labute approximate surface area is 249 Å². The summed E-state index contributed by atoms with van der Waals surface area (Å²) in [6.07, 6.45) is 2.16. The van der Waals surface area contributed by atoms with Gasteiger partial charge in [0.15, 0.2) is 5.96 Å². The SMILES string of the molecule is CC(C)CC(NC(=O)C(Cc1c[nH]c2ccccc12)NC(=O)C(CCCN=C(N)N)NC(=O)C(N)CCC(N)=O)C(=O)O. The van der Waals surface area contributed by atoms with Crippen LogP contribution in [0.2, 0.25) is 0 Å². The van der Waals surface area contributed by atoms with E-state index in [0.717, 1.165) is 10.9 Å². The van der Waals surface area contributed by atoms with Crippen molar-refractivity contribution in [3.63, 3.8) is 0 Å². The lowest BCUT2D eigenvalue weighted by molar-refractivity contribution is -0.142. The van der Waals surface area contributed by atoms with Crippen molar-refractivity contribution in [2.45, 2.75) is 76.5 Å². The van der Waals surface area contributed by atoms with Crippen LogP contribution in [0, 0.1) is 5.92 Å². The largest absolute Gasteiger partial charge is 0.480 e. The van der Waals surface area contributed by atoms with E-state index >= 15 is 0 Å². The molecule has 1 aromatic carbocycles. The molecular weight excluding hydrogens is 558 g/mol. The van der Waals surface area contributed by atoms with Crippen LogP contribution in [-0.4, -0.2) is 76.4 Å². The maximum Gasteiger partial charge on any atom is 0.326 e. The van der Waals surface area contributed by atoms with Crippen LogP contribution >= 0.6 is 0 Å². The Kier molecular flexibility index (Phi) is 13.4. The highest BCUT2D eigenvalue weighted by atomic mass is 16.4. The molecule has 0 bridgehead atoms. The first-order valence-corrected chi connectivity index (χ1v) is 14.1. The lowest BCUT2D eigenvalue weighted by Crippen LogP contribution is -2.57. The smallest absolute Gasteiger partial charge is 0.326 e. The first-order valence-electron chi connectivity index (χ1n) is 14.1. The number of carboxylic acid groups (broad SMARTS) is 1. The van der Waals surface area contributed by atoms with Gasteiger partial charge in [-0.1, -0.05) is 32.0 Å². The molecule has 0 fully saturated rings. The van der Waals surface area contributed by atoms with Crippen LogP contribution in [0.4, 0.5) is 0 Å². The Morgan fingerprint density at radius 1 is 0.907 bits per heavy atom. The summed E-state index contributed by atoms with van der Waals surface area (Å²) in [6.45, 7) is 3.83. The molecule has 0 radical (unpaired) electrons. The fourth-order valence-corrected chi connectivity index (χ4v) is 4.45. The number of rotatable bonds is 18. The minimum absolute atomic E-state index is 0.0216. The molecule has 2 aromatic rings. The molecule has 4 atom stereocenters. The van der Waals surface area contributed by atoms with E-state index in [0.29, 0.717) is 12.0 Å². The number of benzene rings is 1. The van der Waals surface area contributed by atoms with Crippen LogP contribution in [0.1, 0.15) is 51.5 Å². The second-order valence-electron chi connectivity index (χ2n) is 10.8. The summed E-state index contributed by atoms with van der Waals surface area (Å²) in [6, 6.07) is 2.77. The standard InChI is InChI=1S/C28H43N9O6/c1-15(2)12-22(27(42)43)37-26(41)21(13-16-14-34-19-7-4-3-6-17(16)19)36-25(40)20(8-5-11-33-28(31)32)35-24(39)18(29)9-10-23(30)38/h3-4,6-7,14-15,18,20-22,34H,5,8-13,29H2,1-2H3,(H2,30,38)(H,35,39)(H,36,40)(H,37,41)(H,42,43)(H4,31,32,33). The Morgan fingerprint density at radius 3 is 2.16 bits per heavy atom. The first kappa shape index (κ1) is 34.5. The van der Waals surface area contributed by atoms with Gasteiger partial charge in [-0.25, -0.2) is 4.79 Å². The molecule has 1 aromatic heterocycles. The number of guanidine groups is 1. The third-order valence-electron chi connectivity index (χ3n) is 6.67. The van der Waals surface area contributed by atoms with Crippen molar-refractivity contribution in [3.8, 4) is 0 Å². The first-order chi connectivity index (χ1) is 20.3. The van der Waals surface area contributed by atoms with Crippen molar-refractivity contribution in [2.75, 3.05) is 6.54 Å². The quantitative estimate of drug-likeness (QED) is 0.0571. The van der Waals surface area contributed by atoms with Crippen LogP contribution in [0.25, 0.3) is 10.9 Å². The number of aliphatic carboxylic acids is 1. The molecule has 15 nitrogen and oxygen atoms in total. The summed E-state index contributed by atoms with van der Waals surface area (Å²) in [4.78, 5) is 69.8. The Balaban J connectivity index is 2.32. The number of aromatic amines is 1. The summed E-state index contributed by atoms with van der Waals surface area (Å²) in [5.74, 6) is -4.07. The molecule has 0 saturated heterocycles. The highest BCUT2D eigenvalue weighted by molar-refractivity contribution is 5.95. The van der Waals surface area contributed by atoms with Gasteiger partial charge in [0.05, 0.1) is 6.04 Å². The minimum Gasteiger partial charge on any atom is -0.480 e. The van der Waals surface area contributed by atoms with E-state index in [9.17, 15) is 29.1 Å². The number of nitrogens with zero attached hydrogens (tertiary/aromatic N) is 1. The number of hydrogen-bond acceptors (Lipinski definition) is 7. The predicted molar refractivity (Wildman–Crippen MR) is 161 cm³/mol. The van der Waals surface area contributed by atoms with Gasteiger partial charge >= 0.3 is 5.97 Å². The number of aliphatic imine (C=N–C) groups is 1. The molecule has 1 heterocycles. The number of para-hydroxylation sites is 1. The topological polar surface area (TPSA) is 274 Å². The number of carbonyl (C=O) groups excluding carboxylic acids is 4. The fraction of sp³-hybridized carbons (Fsp3) is 0.500. The van der Waals surface area contributed by atoms with E-state index in [1.54, 1.807) is 6.20 Å². The molecule has 0 saturated carbocycles. The van der Waals surface area contributed by atoms with Crippen LogP contribution in [-0.2, 0) is 30.4 Å². The molecule has 0 aliphatic rings. The molecule has 0 aliphatic heterocycles. The number of primary amides is 1. The average Bonchev–Trinajstić information content (AvgIpc) is 3.34. The third kappa shape index (κ3) is 11.6. The van der Waals surface area contributed by atoms with Gasteiger partial charge < -0.3 is 49.0 Å². The van der Waals surface area contributed by atoms with Gasteiger partial charge in [0.2, 0.25) is 23.6 Å². The van der Waals surface area contributed by atoms with Gasteiger partial charge in [0, 0.05) is 36.5 Å². The van der Waals surface area contributed by atoms with Gasteiger partial charge in [-0.3, -0.25) is 24.2 Å². The van der Waals surface area contributed by atoms with Crippen LogP contribution in [0.15, 0.2) is 35.5 Å². The Hall–Kier alpha value is -4.66. The van der Waals surface area contributed by atoms with E-state index in [4.69, 9.17) is 22.9 Å². The monoisotopic (exact) mass is 601 g/mol. The number of nitrogens with two attached hydrogens (primary N) is 4. The van der Waals surface area contributed by atoms with Gasteiger partial charge in [0.1, 0.15) is 18.1 Å². The number of carbonyl (C=O) groups is 5. The van der Waals surface area contributed by atoms with Gasteiger partial charge in [-0.2, -0.15) is 0 Å². The molecule has 4 unspecified atom stereocenters. The van der Waals surface area contributed by atoms with Crippen molar-refractivity contribution in [1.82, 2.24) is 20.9 Å². The maximum atomic E-state index is 13.6. The third-order valence-corrected chi connectivity index (χ3v) is 6.67. The van der Waals surface area contributed by atoms with Crippen molar-refractivity contribution < 1.29 is 29.1 Å².